The summed E-state index contributed by atoms with van der Waals surface area (Å²) >= 11 is 0. The average molecular weight is 337 g/mol. The number of ether oxygens (including phenoxy) is 1. The second-order valence-corrected chi connectivity index (χ2v) is 6.90. The number of nitrogens with one attached hydrogen (secondary N) is 1. The van der Waals surface area contributed by atoms with Gasteiger partial charge in [0.2, 0.25) is 5.91 Å². The zero-order chi connectivity index (χ0) is 17.1. The molecule has 1 N–H and O–H groups in total. The molecule has 130 valence electrons. The van der Waals surface area contributed by atoms with Crippen LogP contribution in [-0.2, 0) is 22.6 Å². The van der Waals surface area contributed by atoms with Crippen LogP contribution in [0.3, 0.4) is 0 Å². The maximum atomic E-state index is 12.6. The molecule has 1 aromatic carbocycles. The number of carbonyl (C=O) groups excluding carboxylic acids is 1. The molecule has 2 aliphatic rings. The van der Waals surface area contributed by atoms with Gasteiger partial charge in [0, 0.05) is 38.6 Å². The van der Waals surface area contributed by atoms with Crippen molar-refractivity contribution in [2.75, 3.05) is 13.1 Å². The van der Waals surface area contributed by atoms with Crippen molar-refractivity contribution in [2.24, 2.45) is 5.92 Å². The Morgan fingerprint density at radius 1 is 1.16 bits per heavy atom. The van der Waals surface area contributed by atoms with Gasteiger partial charge in [-0.3, -0.25) is 14.7 Å². The van der Waals surface area contributed by atoms with Crippen molar-refractivity contribution in [3.63, 3.8) is 0 Å². The van der Waals surface area contributed by atoms with Crippen LogP contribution in [0.2, 0.25) is 0 Å². The number of aromatic nitrogens is 1. The Morgan fingerprint density at radius 2 is 2.00 bits per heavy atom. The minimum Gasteiger partial charge on any atom is -0.371 e. The average Bonchev–Trinajstić information content (AvgIpc) is 2.96. The number of carbonyl (C=O) groups is 1. The van der Waals surface area contributed by atoms with E-state index in [0.717, 1.165) is 31.6 Å². The van der Waals surface area contributed by atoms with Gasteiger partial charge in [0.15, 0.2) is 0 Å². The minimum absolute atomic E-state index is 0.00815. The summed E-state index contributed by atoms with van der Waals surface area (Å²) in [7, 11) is 0. The first kappa shape index (κ1) is 16.2. The topological polar surface area (TPSA) is 54.5 Å². The summed E-state index contributed by atoms with van der Waals surface area (Å²) in [6, 6.07) is 14.1. The third-order valence-electron chi connectivity index (χ3n) is 5.01. The molecule has 2 bridgehead atoms. The van der Waals surface area contributed by atoms with Gasteiger partial charge in [-0.05, 0) is 23.6 Å². The highest BCUT2D eigenvalue weighted by atomic mass is 16.5. The number of amides is 1. The molecule has 1 amide bonds. The molecule has 3 heterocycles. The van der Waals surface area contributed by atoms with E-state index in [-0.39, 0.29) is 24.0 Å². The van der Waals surface area contributed by atoms with Crippen molar-refractivity contribution in [1.29, 1.82) is 0 Å². The molecule has 25 heavy (non-hydrogen) atoms. The molecule has 5 nitrogen and oxygen atoms in total. The SMILES string of the molecule is O=C(NCc1ccccc1)[C@H]1C[C@H]2CN(Cc3cccnc3)C[C@H]1O2. The van der Waals surface area contributed by atoms with Gasteiger partial charge in [0.1, 0.15) is 0 Å². The van der Waals surface area contributed by atoms with Crippen molar-refractivity contribution in [2.45, 2.75) is 31.7 Å². The Bertz CT molecular complexity index is 707. The van der Waals surface area contributed by atoms with Crippen LogP contribution in [0.5, 0.6) is 0 Å². The van der Waals surface area contributed by atoms with E-state index >= 15 is 0 Å². The molecular formula is C20H23N3O2. The highest BCUT2D eigenvalue weighted by Crippen LogP contribution is 2.32. The number of nitrogens with zero attached hydrogens (tertiary/aromatic N) is 2. The summed E-state index contributed by atoms with van der Waals surface area (Å²) in [6.07, 6.45) is 4.66. The molecule has 1 aromatic heterocycles. The fraction of sp³-hybridized carbons (Fsp3) is 0.400. The van der Waals surface area contributed by atoms with E-state index in [4.69, 9.17) is 4.74 Å². The lowest BCUT2D eigenvalue weighted by atomic mass is 9.99. The highest BCUT2D eigenvalue weighted by Gasteiger charge is 2.44. The molecule has 0 unspecified atom stereocenters. The summed E-state index contributed by atoms with van der Waals surface area (Å²) < 4.78 is 6.03. The second kappa shape index (κ2) is 7.33. The van der Waals surface area contributed by atoms with Gasteiger partial charge in [-0.15, -0.1) is 0 Å². The third kappa shape index (κ3) is 3.89. The Hall–Kier alpha value is -2.24. The van der Waals surface area contributed by atoms with E-state index in [0.29, 0.717) is 6.54 Å². The molecular weight excluding hydrogens is 314 g/mol. The third-order valence-corrected chi connectivity index (χ3v) is 5.01. The molecule has 3 atom stereocenters. The second-order valence-electron chi connectivity index (χ2n) is 6.90. The first-order valence-corrected chi connectivity index (χ1v) is 8.86. The van der Waals surface area contributed by atoms with Crippen LogP contribution in [0.1, 0.15) is 17.5 Å². The largest absolute Gasteiger partial charge is 0.371 e. The number of morpholine rings is 1. The van der Waals surface area contributed by atoms with Crippen LogP contribution in [0.4, 0.5) is 0 Å². The van der Waals surface area contributed by atoms with E-state index in [1.807, 2.05) is 42.6 Å². The predicted molar refractivity (Wildman–Crippen MR) is 94.6 cm³/mol. The van der Waals surface area contributed by atoms with Gasteiger partial charge < -0.3 is 10.1 Å². The molecule has 0 spiro atoms. The zero-order valence-electron chi connectivity index (χ0n) is 14.2. The lowest BCUT2D eigenvalue weighted by Crippen LogP contribution is -2.44. The van der Waals surface area contributed by atoms with Crippen molar-refractivity contribution in [3.8, 4) is 0 Å². The number of hydrogen-bond acceptors (Lipinski definition) is 4. The number of hydrogen-bond donors (Lipinski definition) is 1. The predicted octanol–water partition coefficient (Wildman–Crippen LogP) is 1.99. The number of pyridine rings is 1. The standard InChI is InChI=1S/C20H23N3O2/c24-20(22-11-15-5-2-1-3-6-15)18-9-17-13-23(14-19(18)25-17)12-16-7-4-8-21-10-16/h1-8,10,17-19H,9,11-14H2,(H,22,24)/t17-,18-,19+/m0/s1. The van der Waals surface area contributed by atoms with E-state index < -0.39 is 0 Å². The van der Waals surface area contributed by atoms with Crippen LogP contribution >= 0.6 is 0 Å². The number of likely N-dealkylation sites (tertiary alicyclic amines) is 1. The molecule has 0 saturated carbocycles. The van der Waals surface area contributed by atoms with Gasteiger partial charge in [-0.25, -0.2) is 0 Å². The molecule has 4 rings (SSSR count). The molecule has 2 aromatic rings. The molecule has 5 heteroatoms. The van der Waals surface area contributed by atoms with Crippen LogP contribution in [0.25, 0.3) is 0 Å². The van der Waals surface area contributed by atoms with Gasteiger partial charge in [0.25, 0.3) is 0 Å². The van der Waals surface area contributed by atoms with E-state index in [1.165, 1.54) is 5.56 Å². The lowest BCUT2D eigenvalue weighted by Gasteiger charge is -2.32. The molecule has 0 radical (unpaired) electrons. The van der Waals surface area contributed by atoms with Crippen molar-refractivity contribution < 1.29 is 9.53 Å². The van der Waals surface area contributed by atoms with Crippen LogP contribution in [-0.4, -0.2) is 41.1 Å². The Balaban J connectivity index is 1.33. The fourth-order valence-corrected chi connectivity index (χ4v) is 3.81. The minimum atomic E-state index is -0.0485. The Labute approximate surface area is 148 Å². The zero-order valence-corrected chi connectivity index (χ0v) is 14.2. The fourth-order valence-electron chi connectivity index (χ4n) is 3.81. The number of rotatable bonds is 5. The first-order chi connectivity index (χ1) is 12.3. The summed E-state index contributed by atoms with van der Waals surface area (Å²) in [5.74, 6) is 0.0622. The van der Waals surface area contributed by atoms with Crippen molar-refractivity contribution in [1.82, 2.24) is 15.2 Å². The molecule has 2 fully saturated rings. The van der Waals surface area contributed by atoms with E-state index in [9.17, 15) is 4.79 Å². The Morgan fingerprint density at radius 3 is 2.80 bits per heavy atom. The highest BCUT2D eigenvalue weighted by molar-refractivity contribution is 5.79. The molecule has 2 saturated heterocycles. The van der Waals surface area contributed by atoms with Gasteiger partial charge >= 0.3 is 0 Å². The smallest absolute Gasteiger partial charge is 0.226 e. The summed E-state index contributed by atoms with van der Waals surface area (Å²) in [5, 5.41) is 3.07. The van der Waals surface area contributed by atoms with Crippen molar-refractivity contribution >= 4 is 5.91 Å². The lowest BCUT2D eigenvalue weighted by molar-refractivity contribution is -0.128. The maximum Gasteiger partial charge on any atom is 0.226 e. The number of benzene rings is 1. The Kier molecular flexibility index (Phi) is 4.76. The van der Waals surface area contributed by atoms with Crippen molar-refractivity contribution in [3.05, 3.63) is 66.0 Å². The van der Waals surface area contributed by atoms with Gasteiger partial charge in [-0.1, -0.05) is 36.4 Å². The van der Waals surface area contributed by atoms with Crippen LogP contribution in [0.15, 0.2) is 54.9 Å². The van der Waals surface area contributed by atoms with Gasteiger partial charge in [0.05, 0.1) is 18.1 Å². The van der Waals surface area contributed by atoms with E-state index in [1.54, 1.807) is 6.20 Å². The maximum absolute atomic E-state index is 12.6. The van der Waals surface area contributed by atoms with Crippen LogP contribution in [0, 0.1) is 5.92 Å². The van der Waals surface area contributed by atoms with E-state index in [2.05, 4.69) is 21.3 Å². The summed E-state index contributed by atoms with van der Waals surface area (Å²) in [4.78, 5) is 19.2. The monoisotopic (exact) mass is 337 g/mol. The number of fused-ring (bicyclic) bond motifs is 2. The quantitative estimate of drug-likeness (QED) is 0.907. The first-order valence-electron chi connectivity index (χ1n) is 8.86. The summed E-state index contributed by atoms with van der Waals surface area (Å²) in [5.41, 5.74) is 2.32. The van der Waals surface area contributed by atoms with Crippen LogP contribution < -0.4 is 5.32 Å². The van der Waals surface area contributed by atoms with Gasteiger partial charge in [-0.2, -0.15) is 0 Å². The summed E-state index contributed by atoms with van der Waals surface area (Å²) in [6.45, 7) is 3.12. The molecule has 2 aliphatic heterocycles. The normalized spacial score (nSPS) is 25.7. The molecule has 0 aliphatic carbocycles.